The Morgan fingerprint density at radius 3 is 2.00 bits per heavy atom. The predicted molar refractivity (Wildman–Crippen MR) is 35.3 cm³/mol. The Hall–Kier alpha value is 0.177. The molecule has 2 N–H and O–H groups in total. The predicted octanol–water partition coefficient (Wildman–Crippen LogP) is -0.892. The Morgan fingerprint density at radius 2 is 2.00 bits per heavy atom. The number of rotatable bonds is 2. The Morgan fingerprint density at radius 1 is 1.67 bits per heavy atom. The second-order valence-corrected chi connectivity index (χ2v) is 2.80. The molecule has 0 radical (unpaired) electrons. The molecular weight excluding hydrogens is 140 g/mol. The monoisotopic (exact) mass is 147 g/mol. The third-order valence-corrected chi connectivity index (χ3v) is 1.32. The summed E-state index contributed by atoms with van der Waals surface area (Å²) >= 11 is 0. The second kappa shape index (κ2) is 4.07. The average molecular weight is 147 g/mol. The van der Waals surface area contributed by atoms with Crippen LogP contribution in [0.3, 0.4) is 0 Å². The summed E-state index contributed by atoms with van der Waals surface area (Å²) in [6, 6.07) is 0. The van der Waals surface area contributed by atoms with Crippen LogP contribution < -0.4 is 5.14 Å². The van der Waals surface area contributed by atoms with Crippen molar-refractivity contribution in [1.82, 2.24) is 0 Å². The van der Waals surface area contributed by atoms with Gasteiger partial charge in [-0.1, -0.05) is 6.58 Å². The number of alkyl halides is 1. The van der Waals surface area contributed by atoms with E-state index in [0.29, 0.717) is 6.08 Å². The third-order valence-electron chi connectivity index (χ3n) is 0.499. The molecule has 0 fully saturated rings. The van der Waals surface area contributed by atoms with Crippen molar-refractivity contribution in [2.45, 2.75) is 5.50 Å². The summed E-state index contributed by atoms with van der Waals surface area (Å²) in [4.78, 5) is 0. The Bertz CT molecular complexity index is 178. The Balaban J connectivity index is 0. The first-order valence-corrected chi connectivity index (χ1v) is 3.37. The van der Waals surface area contributed by atoms with Crippen molar-refractivity contribution in [3.8, 4) is 0 Å². The molecule has 0 saturated heterocycles. The minimum absolute atomic E-state index is 0. The van der Waals surface area contributed by atoms with E-state index in [-0.39, 0.29) is 18.9 Å². The van der Waals surface area contributed by atoms with Gasteiger partial charge in [-0.3, -0.25) is 0 Å². The van der Waals surface area contributed by atoms with E-state index in [1.54, 1.807) is 0 Å². The number of primary sulfonamides is 1. The Kier molecular flexibility index (Phi) is 5.38. The molecule has 0 aliphatic carbocycles. The molecule has 3 nitrogen and oxygen atoms in total. The zero-order chi connectivity index (χ0) is 6.78. The molecule has 0 rings (SSSR count). The van der Waals surface area contributed by atoms with Gasteiger partial charge in [-0.15, -0.1) is 0 Å². The molecule has 0 aliphatic heterocycles. The van der Waals surface area contributed by atoms with Gasteiger partial charge < -0.3 is 0 Å². The molecular formula is C3H7FLiNO2S. The maximum absolute atomic E-state index is 11.8. The first kappa shape index (κ1) is 11.9. The van der Waals surface area contributed by atoms with Gasteiger partial charge in [-0.05, 0) is 6.08 Å². The summed E-state index contributed by atoms with van der Waals surface area (Å²) in [5, 5.41) is 4.32. The van der Waals surface area contributed by atoms with Crippen LogP contribution in [-0.2, 0) is 10.0 Å². The minimum atomic E-state index is -4.04. The van der Waals surface area contributed by atoms with Crippen molar-refractivity contribution in [2.24, 2.45) is 5.14 Å². The van der Waals surface area contributed by atoms with Crippen LogP contribution >= 0.6 is 0 Å². The van der Waals surface area contributed by atoms with Gasteiger partial charge in [0, 0.05) is 0 Å². The SMILES string of the molecule is C=CC(F)S(N)(=O)=O.[LiH]. The molecule has 0 aliphatic rings. The summed E-state index contributed by atoms with van der Waals surface area (Å²) in [6.45, 7) is 2.89. The quantitative estimate of drug-likeness (QED) is 0.406. The Labute approximate surface area is 65.3 Å². The number of hydrogen-bond donors (Lipinski definition) is 1. The van der Waals surface area contributed by atoms with Gasteiger partial charge in [-0.2, -0.15) is 0 Å². The van der Waals surface area contributed by atoms with E-state index in [2.05, 4.69) is 11.7 Å². The molecule has 0 saturated carbocycles. The maximum atomic E-state index is 11.8. The fourth-order valence-electron chi connectivity index (χ4n) is 0.134. The van der Waals surface area contributed by atoms with Crippen molar-refractivity contribution in [3.05, 3.63) is 12.7 Å². The van der Waals surface area contributed by atoms with Gasteiger partial charge in [0.25, 0.3) is 0 Å². The van der Waals surface area contributed by atoms with Crippen molar-refractivity contribution in [1.29, 1.82) is 0 Å². The van der Waals surface area contributed by atoms with Crippen LogP contribution in [0.4, 0.5) is 4.39 Å². The molecule has 6 heteroatoms. The van der Waals surface area contributed by atoms with E-state index in [1.807, 2.05) is 0 Å². The molecule has 1 atom stereocenters. The van der Waals surface area contributed by atoms with Gasteiger partial charge in [0.15, 0.2) is 0 Å². The molecule has 0 heterocycles. The molecule has 0 aromatic heterocycles. The molecule has 1 unspecified atom stereocenters. The van der Waals surface area contributed by atoms with Crippen LogP contribution in [0.2, 0.25) is 0 Å². The molecule has 50 valence electrons. The van der Waals surface area contributed by atoms with Gasteiger partial charge in [0.05, 0.1) is 0 Å². The van der Waals surface area contributed by atoms with Gasteiger partial charge in [0.2, 0.25) is 15.5 Å². The van der Waals surface area contributed by atoms with Crippen LogP contribution in [0.1, 0.15) is 0 Å². The van der Waals surface area contributed by atoms with E-state index < -0.39 is 15.5 Å². The van der Waals surface area contributed by atoms with Gasteiger partial charge in [-0.25, -0.2) is 17.9 Å². The van der Waals surface area contributed by atoms with Gasteiger partial charge in [0.1, 0.15) is 0 Å². The number of sulfonamides is 1. The normalized spacial score (nSPS) is 13.6. The molecule has 0 amide bonds. The topological polar surface area (TPSA) is 60.2 Å². The van der Waals surface area contributed by atoms with E-state index in [9.17, 15) is 12.8 Å². The zero-order valence-corrected chi connectivity index (χ0v) is 4.86. The van der Waals surface area contributed by atoms with E-state index in [0.717, 1.165) is 0 Å². The number of nitrogens with two attached hydrogens (primary N) is 1. The van der Waals surface area contributed by atoms with Crippen LogP contribution in [0.25, 0.3) is 0 Å². The van der Waals surface area contributed by atoms with Crippen LogP contribution in [-0.4, -0.2) is 32.8 Å². The van der Waals surface area contributed by atoms with Crippen LogP contribution in [0, 0.1) is 0 Å². The van der Waals surface area contributed by atoms with Crippen molar-refractivity contribution >= 4 is 28.9 Å². The summed E-state index contributed by atoms with van der Waals surface area (Å²) < 4.78 is 31.6. The molecule has 9 heavy (non-hydrogen) atoms. The summed E-state index contributed by atoms with van der Waals surface area (Å²) in [5.41, 5.74) is -2.14. The standard InChI is InChI=1S/C3H6FNO2S.Li.H/c1-2-3(4)8(5,6)7;;/h2-3H,1H2,(H2,5,6,7);;. The average Bonchev–Trinajstić information content (AvgIpc) is 1.62. The van der Waals surface area contributed by atoms with E-state index in [4.69, 9.17) is 0 Å². The van der Waals surface area contributed by atoms with E-state index >= 15 is 0 Å². The van der Waals surface area contributed by atoms with Crippen molar-refractivity contribution < 1.29 is 12.8 Å². The van der Waals surface area contributed by atoms with Crippen molar-refractivity contribution in [2.75, 3.05) is 0 Å². The molecule has 0 bridgehead atoms. The fourth-order valence-corrected chi connectivity index (χ4v) is 0.402. The first-order chi connectivity index (χ1) is 3.48. The first-order valence-electron chi connectivity index (χ1n) is 1.76. The second-order valence-electron chi connectivity index (χ2n) is 1.18. The van der Waals surface area contributed by atoms with Gasteiger partial charge >= 0.3 is 18.9 Å². The summed E-state index contributed by atoms with van der Waals surface area (Å²) in [6.07, 6.45) is 0.620. The fraction of sp³-hybridized carbons (Fsp3) is 0.333. The number of halogens is 1. The van der Waals surface area contributed by atoms with Crippen LogP contribution in [0.5, 0.6) is 0 Å². The molecule has 0 spiro atoms. The van der Waals surface area contributed by atoms with Crippen molar-refractivity contribution in [3.63, 3.8) is 0 Å². The molecule has 0 aromatic carbocycles. The summed E-state index contributed by atoms with van der Waals surface area (Å²) in [7, 11) is -4.04. The zero-order valence-electron chi connectivity index (χ0n) is 4.04. The summed E-state index contributed by atoms with van der Waals surface area (Å²) in [5.74, 6) is 0. The number of hydrogen-bond acceptors (Lipinski definition) is 2. The third kappa shape index (κ3) is 4.67. The van der Waals surface area contributed by atoms with E-state index in [1.165, 1.54) is 0 Å². The van der Waals surface area contributed by atoms with Crippen LogP contribution in [0.15, 0.2) is 12.7 Å². The molecule has 0 aromatic rings.